The fourth-order valence-corrected chi connectivity index (χ4v) is 2.49. The number of rotatable bonds is 5. The Hall–Kier alpha value is -1.79. The number of carbonyl (C=O) groups is 1. The Balaban J connectivity index is 1.72. The van der Waals surface area contributed by atoms with Gasteiger partial charge in [-0.05, 0) is 37.8 Å². The first-order valence-electron chi connectivity index (χ1n) is 7.24. The van der Waals surface area contributed by atoms with Crippen LogP contribution >= 0.6 is 0 Å². The Morgan fingerprint density at radius 2 is 1.86 bits per heavy atom. The van der Waals surface area contributed by atoms with E-state index in [9.17, 15) is 15.0 Å². The molecule has 0 aliphatic heterocycles. The van der Waals surface area contributed by atoms with E-state index in [1.807, 2.05) is 0 Å². The smallest absolute Gasteiger partial charge is 0.258 e. The third kappa shape index (κ3) is 4.34. The van der Waals surface area contributed by atoms with Crippen LogP contribution in [0.3, 0.4) is 0 Å². The average molecular weight is 294 g/mol. The Kier molecular flexibility index (Phi) is 5.41. The number of amides is 1. The highest BCUT2D eigenvalue weighted by atomic mass is 16.5. The van der Waals surface area contributed by atoms with Crippen LogP contribution in [0.5, 0.6) is 11.5 Å². The second kappa shape index (κ2) is 7.28. The molecule has 1 aliphatic rings. The van der Waals surface area contributed by atoms with E-state index in [4.69, 9.17) is 10.5 Å². The standard InChI is InChI=1S/C15H22N2O4/c16-10-4-6-11(7-5-10)21-9-8-17-15(20)14-12(18)2-1-3-13(14)19/h1-3,10-11,18-19H,4-9,16H2,(H,17,20). The van der Waals surface area contributed by atoms with Gasteiger partial charge in [0, 0.05) is 12.6 Å². The molecule has 1 saturated carbocycles. The SMILES string of the molecule is NC1CCC(OCCNC(=O)c2c(O)cccc2O)CC1. The number of hydrogen-bond acceptors (Lipinski definition) is 5. The summed E-state index contributed by atoms with van der Waals surface area (Å²) in [5, 5.41) is 21.8. The van der Waals surface area contributed by atoms with Gasteiger partial charge >= 0.3 is 0 Å². The molecular formula is C15H22N2O4. The predicted octanol–water partition coefficient (Wildman–Crippen LogP) is 1.11. The molecule has 0 saturated heterocycles. The Bertz CT molecular complexity index is 464. The van der Waals surface area contributed by atoms with E-state index < -0.39 is 5.91 Å². The maximum absolute atomic E-state index is 11.9. The first kappa shape index (κ1) is 15.6. The van der Waals surface area contributed by atoms with Crippen molar-refractivity contribution in [3.05, 3.63) is 23.8 Å². The van der Waals surface area contributed by atoms with Crippen LogP contribution in [0.1, 0.15) is 36.0 Å². The van der Waals surface area contributed by atoms with Crippen molar-refractivity contribution in [3.63, 3.8) is 0 Å². The number of hydrogen-bond donors (Lipinski definition) is 4. The summed E-state index contributed by atoms with van der Waals surface area (Å²) in [7, 11) is 0. The van der Waals surface area contributed by atoms with Crippen LogP contribution in [0.15, 0.2) is 18.2 Å². The van der Waals surface area contributed by atoms with Gasteiger partial charge in [0.2, 0.25) is 0 Å². The largest absolute Gasteiger partial charge is 0.507 e. The van der Waals surface area contributed by atoms with Gasteiger partial charge in [-0.15, -0.1) is 0 Å². The van der Waals surface area contributed by atoms with Gasteiger partial charge < -0.3 is 26.0 Å². The summed E-state index contributed by atoms with van der Waals surface area (Å²) in [6.45, 7) is 0.731. The summed E-state index contributed by atoms with van der Waals surface area (Å²) in [6, 6.07) is 4.47. The average Bonchev–Trinajstić information content (AvgIpc) is 2.45. The van der Waals surface area contributed by atoms with E-state index in [1.165, 1.54) is 18.2 Å². The third-order valence-corrected chi connectivity index (χ3v) is 3.71. The van der Waals surface area contributed by atoms with E-state index in [1.54, 1.807) is 0 Å². The van der Waals surface area contributed by atoms with E-state index in [2.05, 4.69) is 5.32 Å². The van der Waals surface area contributed by atoms with Gasteiger partial charge in [0.15, 0.2) is 0 Å². The number of carbonyl (C=O) groups excluding carboxylic acids is 1. The molecule has 5 N–H and O–H groups in total. The number of nitrogens with two attached hydrogens (primary N) is 1. The molecule has 0 radical (unpaired) electrons. The normalized spacial score (nSPS) is 22.0. The van der Waals surface area contributed by atoms with Crippen LogP contribution in [-0.4, -0.2) is 41.4 Å². The van der Waals surface area contributed by atoms with E-state index in [-0.39, 0.29) is 29.2 Å². The Labute approximate surface area is 123 Å². The number of phenolic OH excluding ortho intramolecular Hbond substituents is 2. The second-order valence-electron chi connectivity index (χ2n) is 5.33. The van der Waals surface area contributed by atoms with Gasteiger partial charge in [0.25, 0.3) is 5.91 Å². The molecule has 1 amide bonds. The highest BCUT2D eigenvalue weighted by Crippen LogP contribution is 2.25. The zero-order chi connectivity index (χ0) is 15.2. The van der Waals surface area contributed by atoms with Crippen LogP contribution in [0.4, 0.5) is 0 Å². The second-order valence-corrected chi connectivity index (χ2v) is 5.33. The molecule has 2 rings (SSSR count). The van der Waals surface area contributed by atoms with Crippen LogP contribution in [0.25, 0.3) is 0 Å². The van der Waals surface area contributed by atoms with Gasteiger partial charge in [-0.3, -0.25) is 4.79 Å². The van der Waals surface area contributed by atoms with Crippen LogP contribution in [0.2, 0.25) is 0 Å². The molecule has 0 aromatic heterocycles. The van der Waals surface area contributed by atoms with Crippen molar-refractivity contribution in [1.29, 1.82) is 0 Å². The summed E-state index contributed by atoms with van der Waals surface area (Å²) in [6.07, 6.45) is 4.07. The van der Waals surface area contributed by atoms with Crippen molar-refractivity contribution in [2.75, 3.05) is 13.2 Å². The fraction of sp³-hybridized carbons (Fsp3) is 0.533. The minimum absolute atomic E-state index is 0.110. The Morgan fingerprint density at radius 3 is 2.48 bits per heavy atom. The number of ether oxygens (including phenoxy) is 1. The fourth-order valence-electron chi connectivity index (χ4n) is 2.49. The van der Waals surface area contributed by atoms with E-state index in [0.29, 0.717) is 13.2 Å². The molecule has 0 unspecified atom stereocenters. The summed E-state index contributed by atoms with van der Waals surface area (Å²) in [5.74, 6) is -0.996. The first-order chi connectivity index (χ1) is 10.1. The lowest BCUT2D eigenvalue weighted by atomic mass is 9.94. The molecular weight excluding hydrogens is 272 g/mol. The van der Waals surface area contributed by atoms with Gasteiger partial charge in [-0.2, -0.15) is 0 Å². The van der Waals surface area contributed by atoms with Crippen molar-refractivity contribution in [1.82, 2.24) is 5.32 Å². The first-order valence-corrected chi connectivity index (χ1v) is 7.24. The molecule has 0 bridgehead atoms. The Morgan fingerprint density at radius 1 is 1.24 bits per heavy atom. The quantitative estimate of drug-likeness (QED) is 0.609. The number of aromatic hydroxyl groups is 2. The van der Waals surface area contributed by atoms with Crippen LogP contribution < -0.4 is 11.1 Å². The molecule has 1 aromatic rings. The molecule has 0 spiro atoms. The van der Waals surface area contributed by atoms with E-state index in [0.717, 1.165) is 25.7 Å². The molecule has 1 aromatic carbocycles. The maximum atomic E-state index is 11.9. The number of nitrogens with one attached hydrogen (secondary N) is 1. The number of benzene rings is 1. The van der Waals surface area contributed by atoms with Crippen molar-refractivity contribution in [2.24, 2.45) is 5.73 Å². The molecule has 21 heavy (non-hydrogen) atoms. The van der Waals surface area contributed by atoms with Crippen LogP contribution in [0, 0.1) is 0 Å². The summed E-state index contributed by atoms with van der Waals surface area (Å²) in [5.41, 5.74) is 5.71. The van der Waals surface area contributed by atoms with Crippen LogP contribution in [-0.2, 0) is 4.74 Å². The third-order valence-electron chi connectivity index (χ3n) is 3.71. The topological polar surface area (TPSA) is 105 Å². The van der Waals surface area contributed by atoms with E-state index >= 15 is 0 Å². The molecule has 1 fully saturated rings. The summed E-state index contributed by atoms with van der Waals surface area (Å²) >= 11 is 0. The minimum atomic E-state index is -0.514. The number of phenols is 2. The molecule has 6 heteroatoms. The highest BCUT2D eigenvalue weighted by molar-refractivity contribution is 5.99. The van der Waals surface area contributed by atoms with Crippen molar-refractivity contribution >= 4 is 5.91 Å². The monoisotopic (exact) mass is 294 g/mol. The molecule has 0 heterocycles. The van der Waals surface area contributed by atoms with Crippen molar-refractivity contribution in [2.45, 2.75) is 37.8 Å². The predicted molar refractivity (Wildman–Crippen MR) is 78.3 cm³/mol. The molecule has 1 aliphatic carbocycles. The van der Waals surface area contributed by atoms with Crippen molar-refractivity contribution in [3.8, 4) is 11.5 Å². The zero-order valence-corrected chi connectivity index (χ0v) is 11.9. The lowest BCUT2D eigenvalue weighted by Gasteiger charge is -2.26. The zero-order valence-electron chi connectivity index (χ0n) is 11.9. The van der Waals surface area contributed by atoms with Gasteiger partial charge in [0.1, 0.15) is 17.1 Å². The lowest BCUT2D eigenvalue weighted by molar-refractivity contribution is 0.0267. The summed E-state index contributed by atoms with van der Waals surface area (Å²) in [4.78, 5) is 11.9. The van der Waals surface area contributed by atoms with Crippen molar-refractivity contribution < 1.29 is 19.7 Å². The highest BCUT2D eigenvalue weighted by Gasteiger charge is 2.19. The molecule has 116 valence electrons. The summed E-state index contributed by atoms with van der Waals surface area (Å²) < 4.78 is 5.68. The van der Waals surface area contributed by atoms with Gasteiger partial charge in [-0.25, -0.2) is 0 Å². The molecule has 0 atom stereocenters. The van der Waals surface area contributed by atoms with Gasteiger partial charge in [-0.1, -0.05) is 6.07 Å². The lowest BCUT2D eigenvalue weighted by Crippen LogP contribution is -2.33. The molecule has 6 nitrogen and oxygen atoms in total. The minimum Gasteiger partial charge on any atom is -0.507 e. The van der Waals surface area contributed by atoms with Gasteiger partial charge in [0.05, 0.1) is 12.7 Å². The maximum Gasteiger partial charge on any atom is 0.258 e.